The van der Waals surface area contributed by atoms with Crippen LogP contribution >= 0.6 is 12.4 Å². The van der Waals surface area contributed by atoms with Gasteiger partial charge in [0.05, 0.1) is 6.54 Å². The minimum absolute atomic E-state index is 0. The Balaban J connectivity index is 0.00000200. The number of nitrogens with one attached hydrogen (secondary N) is 1. The first-order valence-electron chi connectivity index (χ1n) is 6.89. The van der Waals surface area contributed by atoms with Crippen LogP contribution in [0.15, 0.2) is 24.3 Å². The van der Waals surface area contributed by atoms with Crippen LogP contribution in [-0.4, -0.2) is 36.5 Å². The van der Waals surface area contributed by atoms with Crippen molar-refractivity contribution in [3.05, 3.63) is 29.8 Å². The standard InChI is InChI=1S/C15H23N3O.ClH/c1-11-3-5-14(6-4-11)17-15(19)10-18-8-7-13(9-18)12(2)16;/h3-6,12-13H,7-10,16H2,1-2H3,(H,17,19);1H. The fraction of sp³-hybridized carbons (Fsp3) is 0.533. The smallest absolute Gasteiger partial charge is 0.238 e. The van der Waals surface area contributed by atoms with Crippen LogP contribution in [0.3, 0.4) is 0 Å². The fourth-order valence-electron chi connectivity index (χ4n) is 2.48. The second kappa shape index (κ2) is 7.62. The van der Waals surface area contributed by atoms with Gasteiger partial charge in [-0.25, -0.2) is 0 Å². The van der Waals surface area contributed by atoms with Crippen molar-refractivity contribution in [2.45, 2.75) is 26.3 Å². The molecule has 1 aliphatic heterocycles. The number of benzene rings is 1. The van der Waals surface area contributed by atoms with Gasteiger partial charge in [0.25, 0.3) is 0 Å². The average molecular weight is 298 g/mol. The van der Waals surface area contributed by atoms with Gasteiger partial charge in [0.2, 0.25) is 5.91 Å². The molecule has 1 amide bonds. The molecule has 0 aliphatic carbocycles. The van der Waals surface area contributed by atoms with Crippen LogP contribution in [0.4, 0.5) is 5.69 Å². The second-order valence-corrected chi connectivity index (χ2v) is 5.56. The number of hydrogen-bond donors (Lipinski definition) is 2. The molecule has 5 heteroatoms. The SMILES string of the molecule is Cc1ccc(NC(=O)CN2CCC(C(C)N)C2)cc1.Cl. The van der Waals surface area contributed by atoms with Crippen LogP contribution in [-0.2, 0) is 4.79 Å². The van der Waals surface area contributed by atoms with Crippen LogP contribution < -0.4 is 11.1 Å². The van der Waals surface area contributed by atoms with E-state index in [9.17, 15) is 4.79 Å². The summed E-state index contributed by atoms with van der Waals surface area (Å²) in [5.74, 6) is 0.571. The number of hydrogen-bond acceptors (Lipinski definition) is 3. The van der Waals surface area contributed by atoms with Gasteiger partial charge >= 0.3 is 0 Å². The maximum Gasteiger partial charge on any atom is 0.238 e. The Labute approximate surface area is 127 Å². The number of amides is 1. The molecule has 112 valence electrons. The van der Waals surface area contributed by atoms with Crippen molar-refractivity contribution in [2.75, 3.05) is 25.0 Å². The fourth-order valence-corrected chi connectivity index (χ4v) is 2.48. The van der Waals surface area contributed by atoms with Gasteiger partial charge in [0.1, 0.15) is 0 Å². The summed E-state index contributed by atoms with van der Waals surface area (Å²) in [6.45, 7) is 6.42. The van der Waals surface area contributed by atoms with Gasteiger partial charge < -0.3 is 11.1 Å². The molecule has 2 unspecified atom stereocenters. The van der Waals surface area contributed by atoms with Gasteiger partial charge in [0.15, 0.2) is 0 Å². The molecule has 0 aromatic heterocycles. The van der Waals surface area contributed by atoms with Gasteiger partial charge in [-0.3, -0.25) is 9.69 Å². The van der Waals surface area contributed by atoms with Crippen molar-refractivity contribution in [1.29, 1.82) is 0 Å². The summed E-state index contributed by atoms with van der Waals surface area (Å²) in [5, 5.41) is 2.93. The molecule has 1 heterocycles. The maximum absolute atomic E-state index is 11.9. The van der Waals surface area contributed by atoms with Gasteiger partial charge in [-0.1, -0.05) is 17.7 Å². The molecule has 0 radical (unpaired) electrons. The zero-order chi connectivity index (χ0) is 13.8. The number of carbonyl (C=O) groups excluding carboxylic acids is 1. The second-order valence-electron chi connectivity index (χ2n) is 5.56. The normalized spacial score (nSPS) is 20.2. The van der Waals surface area contributed by atoms with E-state index in [1.807, 2.05) is 38.1 Å². The summed E-state index contributed by atoms with van der Waals surface area (Å²) in [4.78, 5) is 14.1. The first-order chi connectivity index (χ1) is 9.04. The van der Waals surface area contributed by atoms with E-state index in [1.54, 1.807) is 0 Å². The number of aryl methyl sites for hydroxylation is 1. The Kier molecular flexibility index (Phi) is 6.46. The van der Waals surface area contributed by atoms with E-state index in [0.29, 0.717) is 12.5 Å². The highest BCUT2D eigenvalue weighted by Gasteiger charge is 2.26. The Hall–Kier alpha value is -1.10. The zero-order valence-electron chi connectivity index (χ0n) is 12.1. The molecule has 3 N–H and O–H groups in total. The average Bonchev–Trinajstić information content (AvgIpc) is 2.80. The molecular weight excluding hydrogens is 274 g/mol. The molecule has 1 saturated heterocycles. The third kappa shape index (κ3) is 4.78. The summed E-state index contributed by atoms with van der Waals surface area (Å²) < 4.78 is 0. The predicted octanol–water partition coefficient (Wildman–Crippen LogP) is 2.02. The lowest BCUT2D eigenvalue weighted by Gasteiger charge is -2.17. The molecule has 0 bridgehead atoms. The molecule has 1 aromatic carbocycles. The highest BCUT2D eigenvalue weighted by Crippen LogP contribution is 2.18. The molecule has 0 saturated carbocycles. The van der Waals surface area contributed by atoms with Crippen LogP contribution in [0.1, 0.15) is 18.9 Å². The third-order valence-corrected chi connectivity index (χ3v) is 3.75. The van der Waals surface area contributed by atoms with E-state index in [-0.39, 0.29) is 24.4 Å². The molecule has 4 nitrogen and oxygen atoms in total. The van der Waals surface area contributed by atoms with Crippen LogP contribution in [0.25, 0.3) is 0 Å². The topological polar surface area (TPSA) is 58.4 Å². The lowest BCUT2D eigenvalue weighted by atomic mass is 10.0. The Morgan fingerprint density at radius 2 is 2.10 bits per heavy atom. The Morgan fingerprint density at radius 3 is 2.65 bits per heavy atom. The molecule has 0 spiro atoms. The van der Waals surface area contributed by atoms with Crippen molar-refractivity contribution in [2.24, 2.45) is 11.7 Å². The monoisotopic (exact) mass is 297 g/mol. The molecule has 1 fully saturated rings. The molecular formula is C15H24ClN3O. The molecule has 2 atom stereocenters. The zero-order valence-corrected chi connectivity index (χ0v) is 13.0. The van der Waals surface area contributed by atoms with E-state index in [2.05, 4.69) is 10.2 Å². The molecule has 20 heavy (non-hydrogen) atoms. The number of nitrogens with two attached hydrogens (primary N) is 1. The summed E-state index contributed by atoms with van der Waals surface area (Å²) >= 11 is 0. The summed E-state index contributed by atoms with van der Waals surface area (Å²) in [6.07, 6.45) is 1.09. The first kappa shape index (κ1) is 17.0. The van der Waals surface area contributed by atoms with Crippen molar-refractivity contribution in [3.8, 4) is 0 Å². The van der Waals surface area contributed by atoms with Crippen LogP contribution in [0, 0.1) is 12.8 Å². The first-order valence-corrected chi connectivity index (χ1v) is 6.89. The van der Waals surface area contributed by atoms with E-state index in [1.165, 1.54) is 5.56 Å². The summed E-state index contributed by atoms with van der Waals surface area (Å²) in [6, 6.07) is 8.07. The molecule has 1 aromatic rings. The van der Waals surface area contributed by atoms with E-state index < -0.39 is 0 Å². The highest BCUT2D eigenvalue weighted by atomic mass is 35.5. The maximum atomic E-state index is 11.9. The number of halogens is 1. The van der Waals surface area contributed by atoms with Gasteiger partial charge in [-0.2, -0.15) is 0 Å². The number of nitrogens with zero attached hydrogens (tertiary/aromatic N) is 1. The van der Waals surface area contributed by atoms with Crippen molar-refractivity contribution >= 4 is 24.0 Å². The van der Waals surface area contributed by atoms with E-state index >= 15 is 0 Å². The quantitative estimate of drug-likeness (QED) is 0.894. The minimum atomic E-state index is 0. The van der Waals surface area contributed by atoms with E-state index in [0.717, 1.165) is 25.2 Å². The number of anilines is 1. The van der Waals surface area contributed by atoms with E-state index in [4.69, 9.17) is 5.73 Å². The third-order valence-electron chi connectivity index (χ3n) is 3.75. The Morgan fingerprint density at radius 1 is 1.45 bits per heavy atom. The van der Waals surface area contributed by atoms with Crippen molar-refractivity contribution in [3.63, 3.8) is 0 Å². The molecule has 1 aliphatic rings. The lowest BCUT2D eigenvalue weighted by Crippen LogP contribution is -2.34. The van der Waals surface area contributed by atoms with Crippen LogP contribution in [0.5, 0.6) is 0 Å². The lowest BCUT2D eigenvalue weighted by molar-refractivity contribution is -0.117. The summed E-state index contributed by atoms with van der Waals surface area (Å²) in [5.41, 5.74) is 7.95. The minimum Gasteiger partial charge on any atom is -0.328 e. The van der Waals surface area contributed by atoms with Crippen molar-refractivity contribution in [1.82, 2.24) is 4.90 Å². The van der Waals surface area contributed by atoms with Crippen molar-refractivity contribution < 1.29 is 4.79 Å². The van der Waals surface area contributed by atoms with Gasteiger partial charge in [-0.05, 0) is 44.9 Å². The van der Waals surface area contributed by atoms with Gasteiger partial charge in [0, 0.05) is 18.3 Å². The summed E-state index contributed by atoms with van der Waals surface area (Å²) in [7, 11) is 0. The number of likely N-dealkylation sites (tertiary alicyclic amines) is 1. The predicted molar refractivity (Wildman–Crippen MR) is 85.3 cm³/mol. The highest BCUT2D eigenvalue weighted by molar-refractivity contribution is 5.92. The number of rotatable bonds is 4. The van der Waals surface area contributed by atoms with Gasteiger partial charge in [-0.15, -0.1) is 12.4 Å². The number of carbonyl (C=O) groups is 1. The molecule has 2 rings (SSSR count). The largest absolute Gasteiger partial charge is 0.328 e. The van der Waals surface area contributed by atoms with Crippen LogP contribution in [0.2, 0.25) is 0 Å². The Bertz CT molecular complexity index is 433.